The smallest absolute Gasteiger partial charge is 0.0406 e. The summed E-state index contributed by atoms with van der Waals surface area (Å²) in [4.78, 5) is 1.34. The van der Waals surface area contributed by atoms with Crippen LogP contribution in [0.25, 0.3) is 0 Å². The van der Waals surface area contributed by atoms with Crippen LogP contribution in [-0.2, 0) is 0 Å². The topological polar surface area (TPSA) is 0 Å². The molecule has 0 amide bonds. The summed E-state index contributed by atoms with van der Waals surface area (Å²) >= 11 is 7.82. The zero-order chi connectivity index (χ0) is 14.5. The van der Waals surface area contributed by atoms with Crippen molar-refractivity contribution in [2.75, 3.05) is 5.75 Å². The maximum Gasteiger partial charge on any atom is 0.0406 e. The van der Waals surface area contributed by atoms with Crippen molar-refractivity contribution in [1.82, 2.24) is 0 Å². The molecule has 0 nitrogen and oxygen atoms in total. The van der Waals surface area contributed by atoms with Gasteiger partial charge in [0.15, 0.2) is 0 Å². The van der Waals surface area contributed by atoms with Gasteiger partial charge in [0.2, 0.25) is 0 Å². The van der Waals surface area contributed by atoms with Gasteiger partial charge < -0.3 is 0 Å². The van der Waals surface area contributed by atoms with E-state index < -0.39 is 0 Å². The highest BCUT2D eigenvalue weighted by molar-refractivity contribution is 7.99. The molecule has 0 aliphatic heterocycles. The van der Waals surface area contributed by atoms with Crippen molar-refractivity contribution in [3.63, 3.8) is 0 Å². The molecule has 20 heavy (non-hydrogen) atoms. The van der Waals surface area contributed by atoms with Crippen molar-refractivity contribution in [2.24, 2.45) is 0 Å². The van der Waals surface area contributed by atoms with Crippen LogP contribution in [0, 0.1) is 0 Å². The van der Waals surface area contributed by atoms with Crippen molar-refractivity contribution in [3.8, 4) is 0 Å². The number of hydrogen-bond donors (Lipinski definition) is 0. The summed E-state index contributed by atoms with van der Waals surface area (Å²) in [6, 6.07) is 8.18. The third-order valence-corrected chi connectivity index (χ3v) is 4.93. The van der Waals surface area contributed by atoms with Crippen molar-refractivity contribution in [1.29, 1.82) is 0 Å². The summed E-state index contributed by atoms with van der Waals surface area (Å²) in [7, 11) is 0. The third kappa shape index (κ3) is 9.72. The van der Waals surface area contributed by atoms with Crippen LogP contribution in [-0.4, -0.2) is 5.75 Å². The standard InChI is InChI=1S/C18H29ClS/c1-2-3-4-5-6-7-8-9-10-11-16-20-18-14-12-17(19)13-15-18/h12-15H,2-11,16H2,1H3. The molecule has 0 fully saturated rings. The van der Waals surface area contributed by atoms with Crippen molar-refractivity contribution in [2.45, 2.75) is 76.0 Å². The fourth-order valence-corrected chi connectivity index (χ4v) is 3.35. The van der Waals surface area contributed by atoms with Crippen molar-refractivity contribution in [3.05, 3.63) is 29.3 Å². The van der Waals surface area contributed by atoms with E-state index in [4.69, 9.17) is 11.6 Å². The summed E-state index contributed by atoms with van der Waals surface area (Å²) in [5.74, 6) is 1.23. The van der Waals surface area contributed by atoms with E-state index in [2.05, 4.69) is 19.1 Å². The highest BCUT2D eigenvalue weighted by Crippen LogP contribution is 2.22. The molecule has 1 aromatic rings. The highest BCUT2D eigenvalue weighted by Gasteiger charge is 1.95. The van der Waals surface area contributed by atoms with Gasteiger partial charge in [-0.25, -0.2) is 0 Å². The largest absolute Gasteiger partial charge is 0.126 e. The Labute approximate surface area is 134 Å². The Morgan fingerprint density at radius 3 is 1.80 bits per heavy atom. The van der Waals surface area contributed by atoms with E-state index in [1.807, 2.05) is 23.9 Å². The van der Waals surface area contributed by atoms with Gasteiger partial charge in [0.1, 0.15) is 0 Å². The monoisotopic (exact) mass is 312 g/mol. The van der Waals surface area contributed by atoms with Gasteiger partial charge in [0.05, 0.1) is 0 Å². The second-order valence-electron chi connectivity index (χ2n) is 5.48. The molecule has 0 bridgehead atoms. The fraction of sp³-hybridized carbons (Fsp3) is 0.667. The first kappa shape index (κ1) is 17.9. The van der Waals surface area contributed by atoms with Gasteiger partial charge in [0.25, 0.3) is 0 Å². The summed E-state index contributed by atoms with van der Waals surface area (Å²) in [5, 5.41) is 0.827. The zero-order valence-corrected chi connectivity index (χ0v) is 14.4. The number of unbranched alkanes of at least 4 members (excludes halogenated alkanes) is 9. The lowest BCUT2D eigenvalue weighted by Crippen LogP contribution is -1.84. The molecule has 114 valence electrons. The van der Waals surface area contributed by atoms with E-state index in [-0.39, 0.29) is 0 Å². The summed E-state index contributed by atoms with van der Waals surface area (Å²) in [6.07, 6.45) is 14.1. The molecule has 0 saturated carbocycles. The minimum absolute atomic E-state index is 0.827. The summed E-state index contributed by atoms with van der Waals surface area (Å²) in [5.41, 5.74) is 0. The van der Waals surface area contributed by atoms with Gasteiger partial charge in [-0.2, -0.15) is 0 Å². The Kier molecular flexibility index (Phi) is 11.3. The van der Waals surface area contributed by atoms with E-state index in [0.29, 0.717) is 0 Å². The van der Waals surface area contributed by atoms with Gasteiger partial charge in [-0.15, -0.1) is 11.8 Å². The molecule has 0 aromatic heterocycles. The number of thioether (sulfide) groups is 1. The molecule has 0 N–H and O–H groups in total. The number of halogens is 1. The fourth-order valence-electron chi connectivity index (χ4n) is 2.31. The van der Waals surface area contributed by atoms with Crippen LogP contribution in [0.2, 0.25) is 5.02 Å². The summed E-state index contributed by atoms with van der Waals surface area (Å²) in [6.45, 7) is 2.28. The highest BCUT2D eigenvalue weighted by atomic mass is 35.5. The molecule has 0 heterocycles. The van der Waals surface area contributed by atoms with Gasteiger partial charge in [-0.1, -0.05) is 76.3 Å². The van der Waals surface area contributed by atoms with E-state index in [9.17, 15) is 0 Å². The van der Waals surface area contributed by atoms with Crippen LogP contribution in [0.3, 0.4) is 0 Å². The van der Waals surface area contributed by atoms with Gasteiger partial charge in [0, 0.05) is 9.92 Å². The number of benzene rings is 1. The van der Waals surface area contributed by atoms with Crippen LogP contribution in [0.15, 0.2) is 29.2 Å². The maximum absolute atomic E-state index is 5.87. The van der Waals surface area contributed by atoms with Crippen LogP contribution in [0.1, 0.15) is 71.1 Å². The molecule has 0 atom stereocenters. The molecule has 0 unspecified atom stereocenters. The predicted molar refractivity (Wildman–Crippen MR) is 94.0 cm³/mol. The molecule has 0 spiro atoms. The van der Waals surface area contributed by atoms with Gasteiger partial charge in [-0.05, 0) is 36.4 Å². The maximum atomic E-state index is 5.87. The molecular formula is C18H29ClS. The number of hydrogen-bond acceptors (Lipinski definition) is 1. The average Bonchev–Trinajstić information content (AvgIpc) is 2.47. The minimum Gasteiger partial charge on any atom is -0.126 e. The van der Waals surface area contributed by atoms with Gasteiger partial charge in [-0.3, -0.25) is 0 Å². The zero-order valence-electron chi connectivity index (χ0n) is 12.9. The molecule has 0 saturated heterocycles. The lowest BCUT2D eigenvalue weighted by Gasteiger charge is -2.03. The molecule has 0 radical (unpaired) electrons. The van der Waals surface area contributed by atoms with Crippen LogP contribution >= 0.6 is 23.4 Å². The van der Waals surface area contributed by atoms with E-state index >= 15 is 0 Å². The summed E-state index contributed by atoms with van der Waals surface area (Å²) < 4.78 is 0. The second-order valence-corrected chi connectivity index (χ2v) is 7.09. The molecule has 1 aromatic carbocycles. The first-order chi connectivity index (χ1) is 9.83. The Morgan fingerprint density at radius 1 is 0.750 bits per heavy atom. The molecule has 0 aliphatic rings. The minimum atomic E-state index is 0.827. The molecular weight excluding hydrogens is 284 g/mol. The quantitative estimate of drug-likeness (QED) is 0.287. The Balaban J connectivity index is 1.84. The SMILES string of the molecule is CCCCCCCCCCCCSc1ccc(Cl)cc1. The van der Waals surface area contributed by atoms with Crippen LogP contribution in [0.5, 0.6) is 0 Å². The van der Waals surface area contributed by atoms with E-state index in [0.717, 1.165) is 5.02 Å². The number of rotatable bonds is 12. The molecule has 1 rings (SSSR count). The van der Waals surface area contributed by atoms with Crippen LogP contribution in [0.4, 0.5) is 0 Å². The Bertz CT molecular complexity index is 321. The normalized spacial score (nSPS) is 10.9. The Hall–Kier alpha value is -0.140. The van der Waals surface area contributed by atoms with Crippen molar-refractivity contribution < 1.29 is 0 Å². The van der Waals surface area contributed by atoms with Crippen LogP contribution < -0.4 is 0 Å². The van der Waals surface area contributed by atoms with Crippen molar-refractivity contribution >= 4 is 23.4 Å². The first-order valence-corrected chi connectivity index (χ1v) is 9.57. The van der Waals surface area contributed by atoms with E-state index in [1.165, 1.54) is 74.9 Å². The first-order valence-electron chi connectivity index (χ1n) is 8.21. The second kappa shape index (κ2) is 12.6. The van der Waals surface area contributed by atoms with Gasteiger partial charge >= 0.3 is 0 Å². The lowest BCUT2D eigenvalue weighted by atomic mass is 10.1. The predicted octanol–water partition coefficient (Wildman–Crippen LogP) is 7.35. The lowest BCUT2D eigenvalue weighted by molar-refractivity contribution is 0.563. The molecule has 0 aliphatic carbocycles. The third-order valence-electron chi connectivity index (χ3n) is 3.58. The van der Waals surface area contributed by atoms with E-state index in [1.54, 1.807) is 0 Å². The molecule has 2 heteroatoms. The average molecular weight is 313 g/mol. The Morgan fingerprint density at radius 2 is 1.25 bits per heavy atom.